The van der Waals surface area contributed by atoms with Gasteiger partial charge in [0.1, 0.15) is 5.69 Å². The normalized spacial score (nSPS) is 24.2. The molecule has 1 atom stereocenters. The fourth-order valence-corrected chi connectivity index (χ4v) is 3.37. The lowest BCUT2D eigenvalue weighted by molar-refractivity contribution is 0.0762. The number of anilines is 1. The molecule has 2 aliphatic rings. The minimum Gasteiger partial charge on any atom is -0.396 e. The van der Waals surface area contributed by atoms with Crippen LogP contribution in [-0.4, -0.2) is 57.7 Å². The Morgan fingerprint density at radius 2 is 2.05 bits per heavy atom. The highest BCUT2D eigenvalue weighted by Crippen LogP contribution is 2.22. The number of nitrogens with zero attached hydrogens (tertiary/aromatic N) is 4. The van der Waals surface area contributed by atoms with Crippen LogP contribution >= 0.6 is 0 Å². The van der Waals surface area contributed by atoms with E-state index in [0.717, 1.165) is 19.5 Å². The van der Waals surface area contributed by atoms with E-state index in [1.807, 2.05) is 4.90 Å². The van der Waals surface area contributed by atoms with Crippen LogP contribution in [0.4, 0.5) is 5.69 Å². The summed E-state index contributed by atoms with van der Waals surface area (Å²) in [4.78, 5) is 17.0. The van der Waals surface area contributed by atoms with Crippen LogP contribution in [0, 0.1) is 0 Å². The molecule has 0 bridgehead atoms. The van der Waals surface area contributed by atoms with Crippen LogP contribution < -0.4 is 5.73 Å². The molecule has 6 nitrogen and oxygen atoms in total. The molecule has 0 aliphatic carbocycles. The average Bonchev–Trinajstić information content (AvgIpc) is 3.07. The van der Waals surface area contributed by atoms with Crippen molar-refractivity contribution in [3.05, 3.63) is 11.9 Å². The fourth-order valence-electron chi connectivity index (χ4n) is 3.37. The van der Waals surface area contributed by atoms with Crippen molar-refractivity contribution < 1.29 is 4.79 Å². The zero-order valence-corrected chi connectivity index (χ0v) is 12.1. The molecule has 2 saturated heterocycles. The monoisotopic (exact) mass is 277 g/mol. The van der Waals surface area contributed by atoms with Crippen LogP contribution in [0.15, 0.2) is 6.20 Å². The molecule has 1 unspecified atom stereocenters. The number of piperidine rings is 1. The minimum absolute atomic E-state index is 0.0157. The summed E-state index contributed by atoms with van der Waals surface area (Å²) in [6.07, 6.45) is 6.55. The van der Waals surface area contributed by atoms with Crippen molar-refractivity contribution in [3.63, 3.8) is 0 Å². The molecule has 6 heteroatoms. The number of aryl methyl sites for hydroxylation is 1. The molecule has 0 aromatic carbocycles. The second-order valence-electron chi connectivity index (χ2n) is 5.86. The largest absolute Gasteiger partial charge is 0.396 e. The second kappa shape index (κ2) is 5.44. The van der Waals surface area contributed by atoms with Gasteiger partial charge in [-0.2, -0.15) is 5.10 Å². The molecule has 20 heavy (non-hydrogen) atoms. The summed E-state index contributed by atoms with van der Waals surface area (Å²) in [6, 6.07) is 0.522. The van der Waals surface area contributed by atoms with E-state index in [0.29, 0.717) is 17.4 Å². The van der Waals surface area contributed by atoms with Gasteiger partial charge in [-0.15, -0.1) is 0 Å². The first-order valence-electron chi connectivity index (χ1n) is 7.47. The maximum absolute atomic E-state index is 12.5. The van der Waals surface area contributed by atoms with E-state index in [9.17, 15) is 4.79 Å². The highest BCUT2D eigenvalue weighted by molar-refractivity contribution is 5.97. The van der Waals surface area contributed by atoms with E-state index in [4.69, 9.17) is 5.73 Å². The smallest absolute Gasteiger partial charge is 0.274 e. The SMILES string of the molecule is Cn1ncc(N)c1C(=O)N1CCC(N2CCCCC2)C1. The first-order chi connectivity index (χ1) is 9.66. The Balaban J connectivity index is 1.66. The van der Waals surface area contributed by atoms with Gasteiger partial charge in [-0.1, -0.05) is 6.42 Å². The van der Waals surface area contributed by atoms with Gasteiger partial charge >= 0.3 is 0 Å². The average molecular weight is 277 g/mol. The summed E-state index contributed by atoms with van der Waals surface area (Å²) >= 11 is 0. The van der Waals surface area contributed by atoms with Crippen LogP contribution in [0.1, 0.15) is 36.2 Å². The molecule has 0 radical (unpaired) electrons. The van der Waals surface area contributed by atoms with Crippen molar-refractivity contribution in [1.29, 1.82) is 0 Å². The van der Waals surface area contributed by atoms with E-state index in [1.165, 1.54) is 32.4 Å². The zero-order chi connectivity index (χ0) is 14.1. The van der Waals surface area contributed by atoms with Gasteiger partial charge in [-0.3, -0.25) is 14.4 Å². The van der Waals surface area contributed by atoms with Crippen molar-refractivity contribution in [3.8, 4) is 0 Å². The molecule has 3 rings (SSSR count). The molecule has 0 saturated carbocycles. The van der Waals surface area contributed by atoms with E-state index in [1.54, 1.807) is 17.9 Å². The van der Waals surface area contributed by atoms with Gasteiger partial charge in [0.05, 0.1) is 11.9 Å². The lowest BCUT2D eigenvalue weighted by atomic mass is 10.1. The summed E-state index contributed by atoms with van der Waals surface area (Å²) in [5.41, 5.74) is 6.84. The molecule has 110 valence electrons. The molecular weight excluding hydrogens is 254 g/mol. The molecule has 2 N–H and O–H groups in total. The molecular formula is C14H23N5O. The Bertz CT molecular complexity index is 472. The van der Waals surface area contributed by atoms with Gasteiger partial charge < -0.3 is 10.6 Å². The summed E-state index contributed by atoms with van der Waals surface area (Å²) in [5, 5.41) is 4.05. The number of hydrogen-bond acceptors (Lipinski definition) is 4. The van der Waals surface area contributed by atoms with Crippen molar-refractivity contribution >= 4 is 11.6 Å². The third kappa shape index (κ3) is 2.40. The molecule has 3 heterocycles. The van der Waals surface area contributed by atoms with Crippen LogP contribution in [0.3, 0.4) is 0 Å². The highest BCUT2D eigenvalue weighted by Gasteiger charge is 2.32. The lowest BCUT2D eigenvalue weighted by Crippen LogP contribution is -2.41. The summed E-state index contributed by atoms with van der Waals surface area (Å²) in [6.45, 7) is 4.01. The first kappa shape index (κ1) is 13.4. The molecule has 2 fully saturated rings. The maximum Gasteiger partial charge on any atom is 0.274 e. The third-order valence-corrected chi connectivity index (χ3v) is 4.53. The van der Waals surface area contributed by atoms with Gasteiger partial charge in [0, 0.05) is 26.2 Å². The topological polar surface area (TPSA) is 67.4 Å². The summed E-state index contributed by atoms with van der Waals surface area (Å²) < 4.78 is 1.58. The van der Waals surface area contributed by atoms with Gasteiger partial charge in [-0.05, 0) is 32.4 Å². The predicted octanol–water partition coefficient (Wildman–Crippen LogP) is 0.703. The van der Waals surface area contributed by atoms with Crippen LogP contribution in [-0.2, 0) is 7.05 Å². The molecule has 1 amide bonds. The number of rotatable bonds is 2. The number of carbonyl (C=O) groups is 1. The van der Waals surface area contributed by atoms with E-state index >= 15 is 0 Å². The van der Waals surface area contributed by atoms with Gasteiger partial charge in [0.15, 0.2) is 0 Å². The number of likely N-dealkylation sites (tertiary alicyclic amines) is 2. The fraction of sp³-hybridized carbons (Fsp3) is 0.714. The minimum atomic E-state index is 0.0157. The van der Waals surface area contributed by atoms with Crippen molar-refractivity contribution in [2.24, 2.45) is 7.05 Å². The number of nitrogens with two attached hydrogens (primary N) is 1. The van der Waals surface area contributed by atoms with Crippen molar-refractivity contribution in [1.82, 2.24) is 19.6 Å². The number of nitrogen functional groups attached to an aromatic ring is 1. The van der Waals surface area contributed by atoms with Crippen LogP contribution in [0.2, 0.25) is 0 Å². The number of aromatic nitrogens is 2. The van der Waals surface area contributed by atoms with E-state index < -0.39 is 0 Å². The van der Waals surface area contributed by atoms with Crippen LogP contribution in [0.5, 0.6) is 0 Å². The number of hydrogen-bond donors (Lipinski definition) is 1. The summed E-state index contributed by atoms with van der Waals surface area (Å²) in [7, 11) is 1.77. The Hall–Kier alpha value is -1.56. The summed E-state index contributed by atoms with van der Waals surface area (Å²) in [5.74, 6) is 0.0157. The molecule has 2 aliphatic heterocycles. The Kier molecular flexibility index (Phi) is 3.65. The van der Waals surface area contributed by atoms with E-state index in [-0.39, 0.29) is 5.91 Å². The first-order valence-corrected chi connectivity index (χ1v) is 7.47. The standard InChI is InChI=1S/C14H23N5O/c1-17-13(12(15)9-16-17)14(20)19-8-5-11(10-19)18-6-3-2-4-7-18/h9,11H,2-8,10,15H2,1H3. The van der Waals surface area contributed by atoms with Crippen molar-refractivity contribution in [2.45, 2.75) is 31.7 Å². The van der Waals surface area contributed by atoms with Crippen molar-refractivity contribution in [2.75, 3.05) is 31.9 Å². The quantitative estimate of drug-likeness (QED) is 0.864. The second-order valence-corrected chi connectivity index (χ2v) is 5.86. The van der Waals surface area contributed by atoms with E-state index in [2.05, 4.69) is 10.00 Å². The molecule has 1 aromatic rings. The van der Waals surface area contributed by atoms with Gasteiger partial charge in [0.25, 0.3) is 5.91 Å². The Morgan fingerprint density at radius 1 is 1.30 bits per heavy atom. The van der Waals surface area contributed by atoms with Gasteiger partial charge in [-0.25, -0.2) is 0 Å². The van der Waals surface area contributed by atoms with Gasteiger partial charge in [0.2, 0.25) is 0 Å². The highest BCUT2D eigenvalue weighted by atomic mass is 16.2. The Morgan fingerprint density at radius 3 is 2.70 bits per heavy atom. The molecule has 0 spiro atoms. The number of amides is 1. The van der Waals surface area contributed by atoms with Crippen LogP contribution in [0.25, 0.3) is 0 Å². The maximum atomic E-state index is 12.5. The Labute approximate surface area is 119 Å². The number of carbonyl (C=O) groups excluding carboxylic acids is 1. The predicted molar refractivity (Wildman–Crippen MR) is 77.4 cm³/mol. The third-order valence-electron chi connectivity index (χ3n) is 4.53. The molecule has 1 aromatic heterocycles. The lowest BCUT2D eigenvalue weighted by Gasteiger charge is -2.32. The zero-order valence-electron chi connectivity index (χ0n) is 12.1.